The number of alkyl halides is 3. The number of aromatic nitrogens is 3. The largest absolute Gasteiger partial charge is 0.434 e. The molecule has 0 aliphatic rings. The number of hydrogen-bond acceptors (Lipinski definition) is 3. The van der Waals surface area contributed by atoms with E-state index in [1.807, 2.05) is 6.92 Å². The van der Waals surface area contributed by atoms with Crippen LogP contribution in [0, 0.1) is 0 Å². The Kier molecular flexibility index (Phi) is 4.92. The van der Waals surface area contributed by atoms with Crippen molar-refractivity contribution in [1.29, 1.82) is 0 Å². The summed E-state index contributed by atoms with van der Waals surface area (Å²) in [6, 6.07) is 0. The van der Waals surface area contributed by atoms with Gasteiger partial charge in [-0.1, -0.05) is 25.0 Å². The van der Waals surface area contributed by atoms with Crippen LogP contribution < -0.4 is 5.73 Å². The van der Waals surface area contributed by atoms with Crippen LogP contribution in [0.3, 0.4) is 0 Å². The summed E-state index contributed by atoms with van der Waals surface area (Å²) in [4.78, 5) is 0. The third-order valence-corrected chi connectivity index (χ3v) is 2.43. The van der Waals surface area contributed by atoms with Crippen LogP contribution in [-0.4, -0.2) is 21.5 Å². The highest BCUT2D eigenvalue weighted by Crippen LogP contribution is 2.31. The predicted molar refractivity (Wildman–Crippen MR) is 57.3 cm³/mol. The van der Waals surface area contributed by atoms with Crippen molar-refractivity contribution < 1.29 is 13.2 Å². The van der Waals surface area contributed by atoms with Gasteiger partial charge in [-0.05, 0) is 13.0 Å². The summed E-state index contributed by atoms with van der Waals surface area (Å²) in [6.07, 6.45) is -1.82. The van der Waals surface area contributed by atoms with E-state index in [1.165, 1.54) is 0 Å². The number of hydrogen-bond donors (Lipinski definition) is 1. The lowest BCUT2D eigenvalue weighted by Gasteiger charge is -2.10. The Morgan fingerprint density at radius 3 is 2.53 bits per heavy atom. The molecule has 0 spiro atoms. The molecule has 0 atom stereocenters. The monoisotopic (exact) mass is 250 g/mol. The van der Waals surface area contributed by atoms with Gasteiger partial charge in [0.2, 0.25) is 0 Å². The molecule has 0 radical (unpaired) electrons. The Balaban J connectivity index is 2.89. The van der Waals surface area contributed by atoms with Crippen LogP contribution in [0.4, 0.5) is 13.2 Å². The van der Waals surface area contributed by atoms with E-state index < -0.39 is 11.9 Å². The molecule has 4 nitrogen and oxygen atoms in total. The minimum Gasteiger partial charge on any atom is -0.330 e. The summed E-state index contributed by atoms with van der Waals surface area (Å²) < 4.78 is 39.4. The summed E-state index contributed by atoms with van der Waals surface area (Å²) in [5.41, 5.74) is 4.45. The average molecular weight is 250 g/mol. The second kappa shape index (κ2) is 6.00. The van der Waals surface area contributed by atoms with E-state index in [1.54, 1.807) is 0 Å². The summed E-state index contributed by atoms with van der Waals surface area (Å²) in [5, 5.41) is 7.13. The van der Waals surface area contributed by atoms with Gasteiger partial charge >= 0.3 is 6.18 Å². The lowest BCUT2D eigenvalue weighted by Crippen LogP contribution is -2.18. The van der Waals surface area contributed by atoms with Crippen LogP contribution in [0.2, 0.25) is 0 Å². The Hall–Kier alpha value is -1.11. The Labute approximate surface area is 98.0 Å². The van der Waals surface area contributed by atoms with Crippen LogP contribution in [0.1, 0.15) is 37.6 Å². The smallest absolute Gasteiger partial charge is 0.330 e. The molecule has 0 saturated heterocycles. The van der Waals surface area contributed by atoms with Gasteiger partial charge in [0.1, 0.15) is 0 Å². The molecule has 7 heteroatoms. The average Bonchev–Trinajstić information content (AvgIpc) is 2.62. The fraction of sp³-hybridized carbons (Fsp3) is 0.800. The molecular weight excluding hydrogens is 233 g/mol. The van der Waals surface area contributed by atoms with E-state index in [-0.39, 0.29) is 25.2 Å². The van der Waals surface area contributed by atoms with Crippen molar-refractivity contribution in [3.05, 3.63) is 11.4 Å². The molecule has 0 bridgehead atoms. The van der Waals surface area contributed by atoms with E-state index in [0.29, 0.717) is 6.42 Å². The third-order valence-electron chi connectivity index (χ3n) is 2.43. The minimum absolute atomic E-state index is 0.0588. The van der Waals surface area contributed by atoms with Crippen molar-refractivity contribution in [2.75, 3.05) is 6.54 Å². The van der Waals surface area contributed by atoms with E-state index in [2.05, 4.69) is 10.3 Å². The first-order chi connectivity index (χ1) is 8.00. The standard InChI is InChI=1S/C10H17F3N4/c1-2-3-4-7-17-9(10(11,12)13)8(5-6-14)15-16-17/h2-7,14H2,1H3. The molecule has 2 N–H and O–H groups in total. The van der Waals surface area contributed by atoms with Crippen LogP contribution in [0.5, 0.6) is 0 Å². The molecule has 17 heavy (non-hydrogen) atoms. The van der Waals surface area contributed by atoms with Crippen molar-refractivity contribution in [3.63, 3.8) is 0 Å². The van der Waals surface area contributed by atoms with Gasteiger partial charge in [0.25, 0.3) is 0 Å². The normalized spacial score (nSPS) is 12.1. The maximum atomic E-state index is 12.8. The van der Waals surface area contributed by atoms with Crippen LogP contribution in [0.25, 0.3) is 0 Å². The van der Waals surface area contributed by atoms with Gasteiger partial charge in [-0.2, -0.15) is 13.2 Å². The van der Waals surface area contributed by atoms with Crippen LogP contribution in [0.15, 0.2) is 0 Å². The van der Waals surface area contributed by atoms with Crippen molar-refractivity contribution in [1.82, 2.24) is 15.0 Å². The Morgan fingerprint density at radius 2 is 2.00 bits per heavy atom. The lowest BCUT2D eigenvalue weighted by molar-refractivity contribution is -0.144. The van der Waals surface area contributed by atoms with Gasteiger partial charge in [-0.3, -0.25) is 0 Å². The second-order valence-electron chi connectivity index (χ2n) is 3.85. The van der Waals surface area contributed by atoms with Crippen molar-refractivity contribution in [2.24, 2.45) is 5.73 Å². The van der Waals surface area contributed by atoms with Gasteiger partial charge < -0.3 is 5.73 Å². The molecule has 0 saturated carbocycles. The summed E-state index contributed by atoms with van der Waals surface area (Å²) in [6.45, 7) is 2.38. The van der Waals surface area contributed by atoms with E-state index in [4.69, 9.17) is 5.73 Å². The molecule has 0 fully saturated rings. The fourth-order valence-corrected chi connectivity index (χ4v) is 1.63. The van der Waals surface area contributed by atoms with Crippen molar-refractivity contribution >= 4 is 0 Å². The summed E-state index contributed by atoms with van der Waals surface area (Å²) >= 11 is 0. The van der Waals surface area contributed by atoms with Crippen molar-refractivity contribution in [2.45, 2.75) is 45.3 Å². The molecule has 0 aliphatic carbocycles. The number of unbranched alkanes of at least 4 members (excludes halogenated alkanes) is 2. The molecule has 0 unspecified atom stereocenters. The highest BCUT2D eigenvalue weighted by molar-refractivity contribution is 5.14. The number of rotatable bonds is 6. The summed E-state index contributed by atoms with van der Waals surface area (Å²) in [7, 11) is 0. The summed E-state index contributed by atoms with van der Waals surface area (Å²) in [5.74, 6) is 0. The first-order valence-electron chi connectivity index (χ1n) is 5.70. The highest BCUT2D eigenvalue weighted by atomic mass is 19.4. The molecule has 0 amide bonds. The lowest BCUT2D eigenvalue weighted by atomic mass is 10.2. The zero-order valence-electron chi connectivity index (χ0n) is 9.80. The molecule has 1 aromatic rings. The number of aryl methyl sites for hydroxylation is 1. The molecule has 0 aliphatic heterocycles. The van der Waals surface area contributed by atoms with Gasteiger partial charge in [0.15, 0.2) is 5.69 Å². The highest BCUT2D eigenvalue weighted by Gasteiger charge is 2.38. The zero-order chi connectivity index (χ0) is 12.9. The molecular formula is C10H17F3N4. The van der Waals surface area contributed by atoms with E-state index in [0.717, 1.165) is 17.5 Å². The Morgan fingerprint density at radius 1 is 1.29 bits per heavy atom. The van der Waals surface area contributed by atoms with E-state index in [9.17, 15) is 13.2 Å². The molecule has 98 valence electrons. The molecule has 1 aromatic heterocycles. The maximum absolute atomic E-state index is 12.8. The first kappa shape index (κ1) is 14.0. The zero-order valence-corrected chi connectivity index (χ0v) is 9.80. The van der Waals surface area contributed by atoms with Crippen LogP contribution >= 0.6 is 0 Å². The van der Waals surface area contributed by atoms with Gasteiger partial charge in [0.05, 0.1) is 5.69 Å². The van der Waals surface area contributed by atoms with Gasteiger partial charge in [0, 0.05) is 13.0 Å². The van der Waals surface area contributed by atoms with Crippen molar-refractivity contribution in [3.8, 4) is 0 Å². The van der Waals surface area contributed by atoms with Gasteiger partial charge in [-0.15, -0.1) is 5.10 Å². The number of nitrogens with two attached hydrogens (primary N) is 1. The maximum Gasteiger partial charge on any atom is 0.434 e. The minimum atomic E-state index is -4.42. The first-order valence-corrected chi connectivity index (χ1v) is 5.70. The number of halogens is 3. The SMILES string of the molecule is CCCCCn1nnc(CCN)c1C(F)(F)F. The topological polar surface area (TPSA) is 56.7 Å². The number of nitrogens with zero attached hydrogens (tertiary/aromatic N) is 3. The second-order valence-corrected chi connectivity index (χ2v) is 3.85. The quantitative estimate of drug-likeness (QED) is 0.785. The van der Waals surface area contributed by atoms with Crippen LogP contribution in [-0.2, 0) is 19.1 Å². The predicted octanol–water partition coefficient (Wildman–Crippen LogP) is 1.99. The molecule has 1 heterocycles. The third kappa shape index (κ3) is 3.69. The fourth-order valence-electron chi connectivity index (χ4n) is 1.63. The molecule has 1 rings (SSSR count). The molecule has 0 aromatic carbocycles. The van der Waals surface area contributed by atoms with Gasteiger partial charge in [-0.25, -0.2) is 4.68 Å². The Bertz CT molecular complexity index is 346. The van der Waals surface area contributed by atoms with E-state index >= 15 is 0 Å².